The summed E-state index contributed by atoms with van der Waals surface area (Å²) in [5, 5.41) is 13.7. The minimum atomic E-state index is -0.906. The smallest absolute Gasteiger partial charge is 0.270 e. The number of hydrogen-bond acceptors (Lipinski definition) is 5. The Labute approximate surface area is 86.7 Å². The molecule has 0 spiro atoms. The van der Waals surface area contributed by atoms with E-state index < -0.39 is 16.9 Å². The zero-order valence-corrected chi connectivity index (χ0v) is 8.54. The van der Waals surface area contributed by atoms with Crippen LogP contribution in [0.1, 0.15) is 13.8 Å². The Morgan fingerprint density at radius 2 is 2.33 bits per heavy atom. The van der Waals surface area contributed by atoms with Crippen molar-refractivity contribution in [1.82, 2.24) is 0 Å². The van der Waals surface area contributed by atoms with Gasteiger partial charge in [0.25, 0.3) is 5.91 Å². The lowest BCUT2D eigenvalue weighted by Gasteiger charge is -1.97. The Hall–Kier alpha value is -1.92. The number of primary amides is 1. The average Bonchev–Trinajstić information content (AvgIpc) is 2.16. The van der Waals surface area contributed by atoms with Crippen molar-refractivity contribution in [3.05, 3.63) is 22.3 Å². The molecular formula is C8H13N3O4. The van der Waals surface area contributed by atoms with Crippen molar-refractivity contribution in [2.75, 3.05) is 6.61 Å². The minimum absolute atomic E-state index is 0.148. The van der Waals surface area contributed by atoms with Crippen LogP contribution in [-0.4, -0.2) is 29.2 Å². The molecular weight excluding hydrogens is 202 g/mol. The van der Waals surface area contributed by atoms with Gasteiger partial charge in [-0.25, -0.2) is 0 Å². The van der Waals surface area contributed by atoms with Gasteiger partial charge in [0.1, 0.15) is 6.61 Å². The molecule has 0 saturated heterocycles. The SMILES string of the molecule is CCON=C(C=CC(C)[N+](=O)[O-])C(N)=O. The second-order valence-corrected chi connectivity index (χ2v) is 2.64. The third kappa shape index (κ3) is 5.40. The first kappa shape index (κ1) is 13.1. The standard InChI is InChI=1S/C8H13N3O4/c1-3-15-10-7(8(9)12)5-4-6(2)11(13)14/h4-6H,3H2,1-2H3,(H2,9,12). The van der Waals surface area contributed by atoms with Gasteiger partial charge in [-0.1, -0.05) is 5.16 Å². The quantitative estimate of drug-likeness (QED) is 0.384. The predicted octanol–water partition coefficient (Wildman–Crippen LogP) is 0.0856. The molecule has 7 nitrogen and oxygen atoms in total. The second-order valence-electron chi connectivity index (χ2n) is 2.64. The van der Waals surface area contributed by atoms with E-state index in [1.807, 2.05) is 0 Å². The van der Waals surface area contributed by atoms with Gasteiger partial charge in [-0.15, -0.1) is 0 Å². The van der Waals surface area contributed by atoms with Crippen molar-refractivity contribution in [2.24, 2.45) is 10.9 Å². The average molecular weight is 215 g/mol. The first-order chi connectivity index (χ1) is 6.99. The first-order valence-corrected chi connectivity index (χ1v) is 4.30. The van der Waals surface area contributed by atoms with E-state index in [1.165, 1.54) is 19.1 Å². The van der Waals surface area contributed by atoms with Crippen LogP contribution in [0.25, 0.3) is 0 Å². The molecule has 15 heavy (non-hydrogen) atoms. The van der Waals surface area contributed by atoms with Gasteiger partial charge < -0.3 is 10.6 Å². The number of amides is 1. The van der Waals surface area contributed by atoms with Gasteiger partial charge in [0.2, 0.25) is 6.04 Å². The van der Waals surface area contributed by atoms with Gasteiger partial charge in [0.15, 0.2) is 5.71 Å². The van der Waals surface area contributed by atoms with Gasteiger partial charge in [-0.05, 0) is 19.1 Å². The Kier molecular flexibility index (Phi) is 5.69. The van der Waals surface area contributed by atoms with Gasteiger partial charge in [-0.2, -0.15) is 0 Å². The number of rotatable bonds is 6. The third-order valence-corrected chi connectivity index (χ3v) is 1.41. The van der Waals surface area contributed by atoms with Crippen LogP contribution in [-0.2, 0) is 9.63 Å². The van der Waals surface area contributed by atoms with Crippen LogP contribution in [0.3, 0.4) is 0 Å². The molecule has 1 atom stereocenters. The van der Waals surface area contributed by atoms with Crippen molar-refractivity contribution in [2.45, 2.75) is 19.9 Å². The lowest BCUT2D eigenvalue weighted by atomic mass is 10.2. The van der Waals surface area contributed by atoms with Crippen molar-refractivity contribution >= 4 is 11.6 Å². The normalized spacial score (nSPS) is 13.9. The lowest BCUT2D eigenvalue weighted by molar-refractivity contribution is -0.504. The number of nitrogens with zero attached hydrogens (tertiary/aromatic N) is 2. The zero-order chi connectivity index (χ0) is 11.8. The number of nitro groups is 1. The summed E-state index contributed by atoms with van der Waals surface area (Å²) in [6, 6.07) is -0.906. The van der Waals surface area contributed by atoms with E-state index in [1.54, 1.807) is 6.92 Å². The Morgan fingerprint density at radius 1 is 1.73 bits per heavy atom. The predicted molar refractivity (Wildman–Crippen MR) is 53.9 cm³/mol. The topological polar surface area (TPSA) is 108 Å². The molecule has 1 amide bonds. The largest absolute Gasteiger partial charge is 0.395 e. The van der Waals surface area contributed by atoms with Crippen molar-refractivity contribution in [3.63, 3.8) is 0 Å². The molecule has 0 bridgehead atoms. The summed E-state index contributed by atoms with van der Waals surface area (Å²) in [5.74, 6) is -0.796. The molecule has 1 unspecified atom stereocenters. The van der Waals surface area contributed by atoms with Gasteiger partial charge in [-0.3, -0.25) is 14.9 Å². The summed E-state index contributed by atoms with van der Waals surface area (Å²) in [6.45, 7) is 3.34. The molecule has 0 aromatic carbocycles. The van der Waals surface area contributed by atoms with E-state index in [-0.39, 0.29) is 12.3 Å². The summed E-state index contributed by atoms with van der Waals surface area (Å²) in [6.07, 6.45) is 2.38. The van der Waals surface area contributed by atoms with Gasteiger partial charge in [0, 0.05) is 11.8 Å². The Bertz CT molecular complexity index is 298. The number of hydrogen-bond donors (Lipinski definition) is 1. The van der Waals surface area contributed by atoms with Gasteiger partial charge in [0.05, 0.1) is 0 Å². The summed E-state index contributed by atoms with van der Waals surface area (Å²) in [5.41, 5.74) is 4.82. The highest BCUT2D eigenvalue weighted by Crippen LogP contribution is 1.92. The summed E-state index contributed by atoms with van der Waals surface area (Å²) >= 11 is 0. The maximum atomic E-state index is 10.8. The fourth-order valence-corrected chi connectivity index (χ4v) is 0.592. The highest BCUT2D eigenvalue weighted by molar-refractivity contribution is 6.42. The van der Waals surface area contributed by atoms with E-state index in [4.69, 9.17) is 5.73 Å². The molecule has 0 aromatic rings. The lowest BCUT2D eigenvalue weighted by Crippen LogP contribution is -2.22. The molecule has 0 rings (SSSR count). The van der Waals surface area contributed by atoms with Crippen molar-refractivity contribution < 1.29 is 14.6 Å². The van der Waals surface area contributed by atoms with Crippen molar-refractivity contribution in [1.29, 1.82) is 0 Å². The zero-order valence-electron chi connectivity index (χ0n) is 8.54. The Morgan fingerprint density at radius 3 is 2.73 bits per heavy atom. The van der Waals surface area contributed by atoms with Gasteiger partial charge >= 0.3 is 0 Å². The van der Waals surface area contributed by atoms with Crippen molar-refractivity contribution in [3.8, 4) is 0 Å². The van der Waals surface area contributed by atoms with Crippen LogP contribution in [0, 0.1) is 10.1 Å². The number of carbonyl (C=O) groups is 1. The fourth-order valence-electron chi connectivity index (χ4n) is 0.592. The van der Waals surface area contributed by atoms with Crippen LogP contribution in [0.4, 0.5) is 0 Å². The van der Waals surface area contributed by atoms with Crippen LogP contribution >= 0.6 is 0 Å². The molecule has 84 valence electrons. The van der Waals surface area contributed by atoms with Crippen LogP contribution in [0.5, 0.6) is 0 Å². The fraction of sp³-hybridized carbons (Fsp3) is 0.500. The monoisotopic (exact) mass is 215 g/mol. The molecule has 2 N–H and O–H groups in total. The molecule has 0 aliphatic carbocycles. The molecule has 0 saturated carbocycles. The molecule has 7 heteroatoms. The van der Waals surface area contributed by atoms with Crippen LogP contribution in [0.15, 0.2) is 17.3 Å². The molecule has 0 fully saturated rings. The maximum absolute atomic E-state index is 10.8. The molecule has 0 radical (unpaired) electrons. The van der Waals surface area contributed by atoms with E-state index in [2.05, 4.69) is 9.99 Å². The molecule has 0 aromatic heterocycles. The third-order valence-electron chi connectivity index (χ3n) is 1.41. The first-order valence-electron chi connectivity index (χ1n) is 4.30. The van der Waals surface area contributed by atoms with E-state index in [9.17, 15) is 14.9 Å². The highest BCUT2D eigenvalue weighted by Gasteiger charge is 2.09. The number of carbonyl (C=O) groups excluding carboxylic acids is 1. The molecule has 0 heterocycles. The van der Waals surface area contributed by atoms with E-state index >= 15 is 0 Å². The summed E-state index contributed by atoms with van der Waals surface area (Å²) < 4.78 is 0. The Balaban J connectivity index is 4.55. The molecule has 0 aliphatic heterocycles. The molecule has 0 aliphatic rings. The summed E-state index contributed by atoms with van der Waals surface area (Å²) in [7, 11) is 0. The number of nitrogens with two attached hydrogens (primary N) is 1. The second kappa shape index (κ2) is 6.52. The maximum Gasteiger partial charge on any atom is 0.270 e. The highest BCUT2D eigenvalue weighted by atomic mass is 16.6. The summed E-state index contributed by atoms with van der Waals surface area (Å²) in [4.78, 5) is 25.2. The number of oxime groups is 1. The van der Waals surface area contributed by atoms with Crippen LogP contribution in [0.2, 0.25) is 0 Å². The minimum Gasteiger partial charge on any atom is -0.395 e. The van der Waals surface area contributed by atoms with E-state index in [0.717, 1.165) is 0 Å². The van der Waals surface area contributed by atoms with Crippen LogP contribution < -0.4 is 5.73 Å². The van der Waals surface area contributed by atoms with E-state index in [0.29, 0.717) is 0 Å².